The third-order valence-corrected chi connectivity index (χ3v) is 4.31. The molecule has 0 saturated heterocycles. The van der Waals surface area contributed by atoms with E-state index in [1.807, 2.05) is 35.0 Å². The van der Waals surface area contributed by atoms with Gasteiger partial charge >= 0.3 is 6.01 Å². The molecule has 0 radical (unpaired) electrons. The molecule has 0 unspecified atom stereocenters. The summed E-state index contributed by atoms with van der Waals surface area (Å²) in [6.07, 6.45) is 0.609. The lowest BCUT2D eigenvalue weighted by Crippen LogP contribution is -2.07. The number of thiophene rings is 1. The van der Waals surface area contributed by atoms with Gasteiger partial charge in [-0.3, -0.25) is 0 Å². The number of aromatic nitrogens is 3. The molecule has 0 N–H and O–H groups in total. The molecular weight excluding hydrogens is 362 g/mol. The Balaban J connectivity index is 1.71. The van der Waals surface area contributed by atoms with Crippen molar-refractivity contribution >= 4 is 22.9 Å². The highest BCUT2D eigenvalue weighted by molar-refractivity contribution is 7.08. The van der Waals surface area contributed by atoms with Crippen LogP contribution in [0.1, 0.15) is 5.56 Å². The molecule has 0 spiro atoms. The first-order chi connectivity index (χ1) is 12.2. The van der Waals surface area contributed by atoms with Crippen molar-refractivity contribution in [3.8, 4) is 28.9 Å². The van der Waals surface area contributed by atoms with Gasteiger partial charge in [0.1, 0.15) is 0 Å². The van der Waals surface area contributed by atoms with Gasteiger partial charge in [-0.15, -0.1) is 0 Å². The Morgan fingerprint density at radius 1 is 1.08 bits per heavy atom. The predicted octanol–water partition coefficient (Wildman–Crippen LogP) is 3.89. The Labute approximate surface area is 154 Å². The van der Waals surface area contributed by atoms with Crippen molar-refractivity contribution in [2.75, 3.05) is 20.8 Å². The Morgan fingerprint density at radius 2 is 1.96 bits per heavy atom. The number of para-hydroxylation sites is 1. The van der Waals surface area contributed by atoms with Gasteiger partial charge in [0, 0.05) is 22.9 Å². The molecule has 0 aliphatic heterocycles. The van der Waals surface area contributed by atoms with E-state index in [9.17, 15) is 0 Å². The highest BCUT2D eigenvalue weighted by Gasteiger charge is 2.11. The second-order valence-electron chi connectivity index (χ2n) is 4.97. The van der Waals surface area contributed by atoms with Crippen LogP contribution in [0.15, 0.2) is 35.0 Å². The summed E-state index contributed by atoms with van der Waals surface area (Å²) in [4.78, 5) is 12.5. The summed E-state index contributed by atoms with van der Waals surface area (Å²) < 4.78 is 16.4. The van der Waals surface area contributed by atoms with Gasteiger partial charge in [-0.1, -0.05) is 12.1 Å². The largest absolute Gasteiger partial charge is 0.493 e. The number of nitrogens with zero attached hydrogens (tertiary/aromatic N) is 3. The second kappa shape index (κ2) is 8.13. The number of benzene rings is 1. The maximum absolute atomic E-state index is 5.97. The molecule has 0 amide bonds. The van der Waals surface area contributed by atoms with E-state index in [1.165, 1.54) is 0 Å². The average molecular weight is 378 g/mol. The van der Waals surface area contributed by atoms with E-state index >= 15 is 0 Å². The number of hydrogen-bond donors (Lipinski definition) is 0. The van der Waals surface area contributed by atoms with Crippen molar-refractivity contribution in [2.45, 2.75) is 6.42 Å². The van der Waals surface area contributed by atoms with E-state index in [0.29, 0.717) is 30.4 Å². The molecule has 0 atom stereocenters. The fourth-order valence-electron chi connectivity index (χ4n) is 2.32. The van der Waals surface area contributed by atoms with Gasteiger partial charge < -0.3 is 14.2 Å². The first-order valence-electron chi connectivity index (χ1n) is 7.48. The van der Waals surface area contributed by atoms with Crippen LogP contribution in [-0.2, 0) is 6.42 Å². The van der Waals surface area contributed by atoms with Crippen LogP contribution in [0.5, 0.6) is 17.5 Å². The fraction of sp³-hybridized carbons (Fsp3) is 0.235. The summed E-state index contributed by atoms with van der Waals surface area (Å²) in [5.74, 6) is 1.87. The zero-order chi connectivity index (χ0) is 17.6. The molecule has 3 rings (SSSR count). The average Bonchev–Trinajstić information content (AvgIpc) is 3.15. The van der Waals surface area contributed by atoms with Gasteiger partial charge in [0.15, 0.2) is 17.3 Å². The minimum atomic E-state index is 0.102. The van der Waals surface area contributed by atoms with E-state index in [0.717, 1.165) is 11.1 Å². The van der Waals surface area contributed by atoms with Crippen LogP contribution in [0.4, 0.5) is 0 Å². The quantitative estimate of drug-likeness (QED) is 0.622. The van der Waals surface area contributed by atoms with Crippen molar-refractivity contribution < 1.29 is 14.2 Å². The monoisotopic (exact) mass is 377 g/mol. The molecule has 2 aromatic heterocycles. The summed E-state index contributed by atoms with van der Waals surface area (Å²) in [7, 11) is 3.22. The van der Waals surface area contributed by atoms with Crippen LogP contribution in [0.2, 0.25) is 5.28 Å². The zero-order valence-electron chi connectivity index (χ0n) is 13.7. The summed E-state index contributed by atoms with van der Waals surface area (Å²) >= 11 is 7.53. The van der Waals surface area contributed by atoms with Crippen LogP contribution >= 0.6 is 22.9 Å². The van der Waals surface area contributed by atoms with Gasteiger partial charge in [-0.25, -0.2) is 0 Å². The summed E-state index contributed by atoms with van der Waals surface area (Å²) in [6, 6.07) is 7.83. The van der Waals surface area contributed by atoms with E-state index < -0.39 is 0 Å². The van der Waals surface area contributed by atoms with Crippen LogP contribution in [0.25, 0.3) is 11.4 Å². The maximum Gasteiger partial charge on any atom is 0.321 e. The Bertz CT molecular complexity index is 843. The summed E-state index contributed by atoms with van der Waals surface area (Å²) in [5.41, 5.74) is 1.86. The Morgan fingerprint density at radius 3 is 2.68 bits per heavy atom. The predicted molar refractivity (Wildman–Crippen MR) is 96.9 cm³/mol. The van der Waals surface area contributed by atoms with Crippen LogP contribution in [-0.4, -0.2) is 35.8 Å². The van der Waals surface area contributed by atoms with E-state index in [-0.39, 0.29) is 11.3 Å². The van der Waals surface area contributed by atoms with Crippen LogP contribution in [0.3, 0.4) is 0 Å². The van der Waals surface area contributed by atoms with Crippen molar-refractivity contribution in [1.29, 1.82) is 0 Å². The lowest BCUT2D eigenvalue weighted by atomic mass is 10.1. The topological polar surface area (TPSA) is 66.4 Å². The van der Waals surface area contributed by atoms with Crippen molar-refractivity contribution in [2.24, 2.45) is 0 Å². The fourth-order valence-corrected chi connectivity index (χ4v) is 3.11. The Hall–Kier alpha value is -2.38. The molecule has 0 saturated carbocycles. The first kappa shape index (κ1) is 17.4. The zero-order valence-corrected chi connectivity index (χ0v) is 15.3. The molecule has 0 aliphatic carbocycles. The SMILES string of the molecule is COc1cccc(CCOc2nc(Cl)nc(-c3ccsc3)n2)c1OC. The molecule has 3 aromatic rings. The van der Waals surface area contributed by atoms with Gasteiger partial charge in [-0.05, 0) is 29.1 Å². The third-order valence-electron chi connectivity index (χ3n) is 3.45. The highest BCUT2D eigenvalue weighted by atomic mass is 35.5. The first-order valence-corrected chi connectivity index (χ1v) is 8.80. The third kappa shape index (κ3) is 4.18. The summed E-state index contributed by atoms with van der Waals surface area (Å²) in [6.45, 7) is 0.368. The van der Waals surface area contributed by atoms with Gasteiger partial charge in [0.25, 0.3) is 0 Å². The molecule has 2 heterocycles. The number of halogens is 1. The molecule has 6 nitrogen and oxygen atoms in total. The molecule has 8 heteroatoms. The van der Waals surface area contributed by atoms with E-state index in [4.69, 9.17) is 25.8 Å². The van der Waals surface area contributed by atoms with Crippen LogP contribution < -0.4 is 14.2 Å². The molecule has 0 fully saturated rings. The van der Waals surface area contributed by atoms with Crippen molar-refractivity contribution in [1.82, 2.24) is 15.0 Å². The van der Waals surface area contributed by atoms with Gasteiger partial charge in [-0.2, -0.15) is 26.3 Å². The van der Waals surface area contributed by atoms with Gasteiger partial charge in [0.05, 0.1) is 20.8 Å². The Kier molecular flexibility index (Phi) is 5.67. The molecular formula is C17H16ClN3O3S. The number of hydrogen-bond acceptors (Lipinski definition) is 7. The smallest absolute Gasteiger partial charge is 0.321 e. The van der Waals surface area contributed by atoms with E-state index in [1.54, 1.807) is 25.6 Å². The molecule has 130 valence electrons. The number of rotatable bonds is 7. The lowest BCUT2D eigenvalue weighted by Gasteiger charge is -2.12. The minimum Gasteiger partial charge on any atom is -0.493 e. The number of ether oxygens (including phenoxy) is 3. The standard InChI is InChI=1S/C17H16ClN3O3S/c1-22-13-5-3-4-11(14(13)23-2)6-8-24-17-20-15(19-16(18)21-17)12-7-9-25-10-12/h3-5,7,9-10H,6,8H2,1-2H3. The molecule has 25 heavy (non-hydrogen) atoms. The van der Waals surface area contributed by atoms with Gasteiger partial charge in [0.2, 0.25) is 5.28 Å². The maximum atomic E-state index is 5.97. The molecule has 0 bridgehead atoms. The lowest BCUT2D eigenvalue weighted by molar-refractivity contribution is 0.291. The van der Waals surface area contributed by atoms with E-state index in [2.05, 4.69) is 15.0 Å². The number of methoxy groups -OCH3 is 2. The molecule has 0 aliphatic rings. The highest BCUT2D eigenvalue weighted by Crippen LogP contribution is 2.31. The molecule has 1 aromatic carbocycles. The van der Waals surface area contributed by atoms with Crippen molar-refractivity contribution in [3.63, 3.8) is 0 Å². The normalized spacial score (nSPS) is 10.5. The minimum absolute atomic E-state index is 0.102. The summed E-state index contributed by atoms with van der Waals surface area (Å²) in [5, 5.41) is 3.99. The van der Waals surface area contributed by atoms with Crippen molar-refractivity contribution in [3.05, 3.63) is 45.9 Å². The van der Waals surface area contributed by atoms with Crippen LogP contribution in [0, 0.1) is 0 Å². The second-order valence-corrected chi connectivity index (χ2v) is 6.09.